The lowest BCUT2D eigenvalue weighted by Crippen LogP contribution is -2.60. The Morgan fingerprint density at radius 1 is 1.12 bits per heavy atom. The van der Waals surface area contributed by atoms with Gasteiger partial charge in [0.05, 0.1) is 52.9 Å². The number of esters is 1. The molecule has 4 heterocycles. The average Bonchev–Trinajstić information content (AvgIpc) is 4.01. The number of aliphatic hydroxyl groups is 4. The molecule has 370 valence electrons. The SMILES string of the molecule is CC[C@H]1OC(=O)[C@H](C)C(=O)[C@H](C)[C@@H](O[C@@H]2O[C@H](C)C[C@H](N(C)CCc3cn([C@H](CO)Cc4ccc([N+](=O)[O-])cc4)nn3)[C@H]2O)[C@](C)(OC)C[C@@H](C)/C(=N\O[C@@H]2CCNC2)[C@H](C)[C@@H](O)[C@]1(C)O. The van der Waals surface area contributed by atoms with E-state index in [1.165, 1.54) is 33.1 Å². The molecule has 5 rings (SSSR count). The minimum atomic E-state index is -1.93. The van der Waals surface area contributed by atoms with Crippen molar-refractivity contribution >= 4 is 23.2 Å². The fourth-order valence-corrected chi connectivity index (χ4v) is 9.72. The molecule has 0 amide bonds. The number of aliphatic hydroxyl groups excluding tert-OH is 3. The normalized spacial score (nSPS) is 36.3. The van der Waals surface area contributed by atoms with Crippen LogP contribution < -0.4 is 5.32 Å². The van der Waals surface area contributed by atoms with Crippen LogP contribution in [0.15, 0.2) is 35.6 Å². The quantitative estimate of drug-likeness (QED) is 0.0744. The van der Waals surface area contributed by atoms with Gasteiger partial charge in [0.2, 0.25) is 0 Å². The molecule has 2 aromatic rings. The van der Waals surface area contributed by atoms with Gasteiger partial charge in [-0.1, -0.05) is 50.2 Å². The molecule has 1 aromatic heterocycles. The smallest absolute Gasteiger partial charge is 0.316 e. The molecule has 20 heteroatoms. The minimum absolute atomic E-state index is 0.0200. The number of nitrogens with one attached hydrogen (secondary N) is 1. The molecule has 3 fully saturated rings. The predicted octanol–water partition coefficient (Wildman–Crippen LogP) is 2.78. The van der Waals surface area contributed by atoms with E-state index in [4.69, 9.17) is 23.8 Å². The number of carbonyl (C=O) groups is 2. The highest BCUT2D eigenvalue weighted by atomic mass is 16.7. The van der Waals surface area contributed by atoms with Crippen LogP contribution in [0.1, 0.15) is 98.4 Å². The van der Waals surface area contributed by atoms with Crippen molar-refractivity contribution in [1.82, 2.24) is 25.2 Å². The maximum atomic E-state index is 14.4. The summed E-state index contributed by atoms with van der Waals surface area (Å²) in [5, 5.41) is 73.5. The van der Waals surface area contributed by atoms with Crippen LogP contribution in [0, 0.1) is 33.8 Å². The number of likely N-dealkylation sites (N-methyl/N-ethyl adjacent to an activating group) is 1. The first-order valence-corrected chi connectivity index (χ1v) is 23.2. The molecule has 0 radical (unpaired) electrons. The van der Waals surface area contributed by atoms with Gasteiger partial charge in [-0.15, -0.1) is 5.10 Å². The van der Waals surface area contributed by atoms with E-state index < -0.39 is 94.3 Å². The summed E-state index contributed by atoms with van der Waals surface area (Å²) < 4.78 is 26.8. The van der Waals surface area contributed by atoms with Crippen LogP contribution in [0.4, 0.5) is 5.69 Å². The first-order chi connectivity index (χ1) is 31.1. The summed E-state index contributed by atoms with van der Waals surface area (Å²) in [6.07, 6.45) is -2.65. The highest BCUT2D eigenvalue weighted by molar-refractivity contribution is 6.00. The largest absolute Gasteiger partial charge is 0.459 e. The predicted molar refractivity (Wildman–Crippen MR) is 241 cm³/mol. The summed E-state index contributed by atoms with van der Waals surface area (Å²) in [5.74, 6) is -4.95. The van der Waals surface area contributed by atoms with Gasteiger partial charge in [-0.2, -0.15) is 0 Å². The van der Waals surface area contributed by atoms with Gasteiger partial charge in [0.1, 0.15) is 29.8 Å². The van der Waals surface area contributed by atoms with Crippen molar-refractivity contribution in [3.63, 3.8) is 0 Å². The van der Waals surface area contributed by atoms with Crippen molar-refractivity contribution in [3.8, 4) is 0 Å². The van der Waals surface area contributed by atoms with E-state index in [0.717, 1.165) is 18.5 Å². The van der Waals surface area contributed by atoms with Gasteiger partial charge in [0.25, 0.3) is 5.69 Å². The van der Waals surface area contributed by atoms with Crippen LogP contribution in [0.2, 0.25) is 0 Å². The number of carbonyl (C=O) groups excluding carboxylic acids is 2. The molecule has 66 heavy (non-hydrogen) atoms. The second kappa shape index (κ2) is 22.9. The second-order valence-corrected chi connectivity index (χ2v) is 19.1. The van der Waals surface area contributed by atoms with Crippen LogP contribution in [0.5, 0.6) is 0 Å². The molecule has 1 aromatic carbocycles. The Bertz CT molecular complexity index is 1940. The van der Waals surface area contributed by atoms with E-state index >= 15 is 0 Å². The highest BCUT2D eigenvalue weighted by Crippen LogP contribution is 2.39. The summed E-state index contributed by atoms with van der Waals surface area (Å²) >= 11 is 0. The third kappa shape index (κ3) is 12.4. The van der Waals surface area contributed by atoms with Gasteiger partial charge in [-0.3, -0.25) is 19.7 Å². The summed E-state index contributed by atoms with van der Waals surface area (Å²) in [6, 6.07) is 5.24. The first kappa shape index (κ1) is 53.0. The van der Waals surface area contributed by atoms with Gasteiger partial charge < -0.3 is 54.4 Å². The number of oxime groups is 1. The summed E-state index contributed by atoms with van der Waals surface area (Å²) in [7, 11) is 3.38. The first-order valence-electron chi connectivity index (χ1n) is 23.2. The van der Waals surface area contributed by atoms with Gasteiger partial charge in [-0.25, -0.2) is 4.68 Å². The zero-order valence-electron chi connectivity index (χ0n) is 40.1. The third-order valence-electron chi connectivity index (χ3n) is 14.1. The van der Waals surface area contributed by atoms with Crippen LogP contribution in [-0.2, 0) is 46.2 Å². The maximum absolute atomic E-state index is 14.4. The van der Waals surface area contributed by atoms with Gasteiger partial charge in [0.15, 0.2) is 12.1 Å². The third-order valence-corrected chi connectivity index (χ3v) is 14.1. The number of hydrogen-bond donors (Lipinski definition) is 5. The molecule has 3 aliphatic rings. The number of aromatic nitrogens is 3. The minimum Gasteiger partial charge on any atom is -0.459 e. The Morgan fingerprint density at radius 2 is 1.82 bits per heavy atom. The Kier molecular flexibility index (Phi) is 18.4. The Labute approximate surface area is 387 Å². The molecule has 0 spiro atoms. The van der Waals surface area contributed by atoms with Crippen molar-refractivity contribution in [3.05, 3.63) is 51.8 Å². The summed E-state index contributed by atoms with van der Waals surface area (Å²) in [5.41, 5.74) is -1.36. The number of nitro benzene ring substituents is 1. The molecular weight excluding hydrogens is 859 g/mol. The number of nitrogens with zero attached hydrogens (tertiary/aromatic N) is 6. The topological polar surface area (TPSA) is 263 Å². The van der Waals surface area contributed by atoms with Crippen molar-refractivity contribution in [2.75, 3.05) is 40.4 Å². The fourth-order valence-electron chi connectivity index (χ4n) is 9.72. The number of Topliss-reactive ketones (excluding diaryl/α,β-unsaturated/α-hetero) is 1. The Morgan fingerprint density at radius 3 is 2.42 bits per heavy atom. The van der Waals surface area contributed by atoms with Crippen LogP contribution >= 0.6 is 0 Å². The average molecular weight is 932 g/mol. The van der Waals surface area contributed by atoms with Crippen molar-refractivity contribution in [2.45, 2.75) is 160 Å². The number of cyclic esters (lactones) is 1. The molecule has 0 unspecified atom stereocenters. The standard InChI is InChI=1S/C46H73N7O13/c1-11-37-46(8,59)41(57)28(4)38(49-66-35-16-18-47-23-35)26(2)22-45(7,62-10)42(29(5)39(55)30(6)43(58)64-37)65-44-40(56)36(20-27(3)63-44)51(9)19-17-32-24-52(50-48-32)34(25-54)21-31-12-14-33(15-13-31)53(60)61/h12-15,24,26-30,34-37,40-42,44,47,54,56-57,59H,11,16-23,25H2,1-10H3/b49-38+/t26-,27-,28+,29+,30-,34+,35-,36+,37-,40-,41-,42-,44+,45-,46-/m1/s1. The van der Waals surface area contributed by atoms with Crippen LogP contribution in [0.3, 0.4) is 0 Å². The Balaban J connectivity index is 1.38. The van der Waals surface area contributed by atoms with Gasteiger partial charge in [0, 0.05) is 75.2 Å². The zero-order valence-corrected chi connectivity index (χ0v) is 40.1. The molecule has 5 N–H and O–H groups in total. The van der Waals surface area contributed by atoms with E-state index in [9.17, 15) is 40.1 Å². The Hall–Kier alpha value is -3.99. The molecule has 3 saturated heterocycles. The van der Waals surface area contributed by atoms with Crippen molar-refractivity contribution in [1.29, 1.82) is 0 Å². The molecule has 3 aliphatic heterocycles. The molecule has 0 saturated carbocycles. The molecular formula is C46H73N7O13. The summed E-state index contributed by atoms with van der Waals surface area (Å²) in [6.45, 7) is 15.1. The van der Waals surface area contributed by atoms with Crippen LogP contribution in [0.25, 0.3) is 0 Å². The zero-order chi connectivity index (χ0) is 48.7. The maximum Gasteiger partial charge on any atom is 0.316 e. The van der Waals surface area contributed by atoms with Crippen molar-refractivity contribution in [2.24, 2.45) is 28.8 Å². The molecule has 0 bridgehead atoms. The van der Waals surface area contributed by atoms with Crippen molar-refractivity contribution < 1.29 is 58.7 Å². The lowest BCUT2D eigenvalue weighted by Gasteiger charge is -2.47. The fraction of sp³-hybridized carbons (Fsp3) is 0.761. The highest BCUT2D eigenvalue weighted by Gasteiger charge is 2.52. The number of nitro groups is 1. The monoisotopic (exact) mass is 932 g/mol. The number of benzene rings is 1. The summed E-state index contributed by atoms with van der Waals surface area (Å²) in [4.78, 5) is 46.8. The van der Waals surface area contributed by atoms with Gasteiger partial charge >= 0.3 is 5.97 Å². The molecule has 0 aliphatic carbocycles. The number of ketones is 1. The number of rotatable bonds is 15. The van der Waals surface area contributed by atoms with E-state index in [-0.39, 0.29) is 37.3 Å². The second-order valence-electron chi connectivity index (χ2n) is 19.1. The van der Waals surface area contributed by atoms with E-state index in [2.05, 4.69) is 20.8 Å². The number of hydrogen-bond acceptors (Lipinski definition) is 18. The lowest BCUT2D eigenvalue weighted by molar-refractivity contribution is -0.384. The number of methoxy groups -OCH3 is 1. The number of non-ortho nitro benzene ring substituents is 1. The van der Waals surface area contributed by atoms with Gasteiger partial charge in [-0.05, 0) is 72.5 Å². The molecule has 20 nitrogen and oxygen atoms in total. The van der Waals surface area contributed by atoms with E-state index in [1.807, 2.05) is 25.8 Å². The molecule has 15 atom stereocenters. The van der Waals surface area contributed by atoms with E-state index in [0.29, 0.717) is 43.8 Å². The lowest BCUT2D eigenvalue weighted by atomic mass is 9.74. The number of ether oxygens (including phenoxy) is 4. The van der Waals surface area contributed by atoms with Crippen LogP contribution in [-0.4, -0.2) is 163 Å². The van der Waals surface area contributed by atoms with E-state index in [1.54, 1.807) is 50.7 Å².